The predicted molar refractivity (Wildman–Crippen MR) is 142 cm³/mol. The predicted octanol–water partition coefficient (Wildman–Crippen LogP) is 5.74. The minimum Gasteiger partial charge on any atom is -0.352 e. The van der Waals surface area contributed by atoms with Crippen LogP contribution in [0, 0.1) is 0 Å². The number of benzene rings is 3. The molecular weight excluding hydrogens is 464 g/mol. The van der Waals surface area contributed by atoms with E-state index in [1.807, 2.05) is 98.8 Å². The molecule has 0 bridgehead atoms. The molecule has 0 aliphatic heterocycles. The molecule has 3 aromatic carbocycles. The van der Waals surface area contributed by atoms with Crippen LogP contribution in [0.1, 0.15) is 30.5 Å². The van der Waals surface area contributed by atoms with Gasteiger partial charge >= 0.3 is 0 Å². The monoisotopic (exact) mass is 494 g/mol. The summed E-state index contributed by atoms with van der Waals surface area (Å²) in [7, 11) is 0. The maximum absolute atomic E-state index is 13.5. The number of nitrogens with zero attached hydrogens (tertiary/aromatic N) is 1. The second-order valence-corrected chi connectivity index (χ2v) is 9.85. The lowest BCUT2D eigenvalue weighted by Crippen LogP contribution is -2.52. The summed E-state index contributed by atoms with van der Waals surface area (Å²) in [6.45, 7) is 4.23. The molecule has 2 amide bonds. The number of carbonyl (C=O) groups excluding carboxylic acids is 2. The minimum absolute atomic E-state index is 0.0194. The van der Waals surface area contributed by atoms with E-state index in [-0.39, 0.29) is 23.6 Å². The highest BCUT2D eigenvalue weighted by atomic mass is 35.5. The summed E-state index contributed by atoms with van der Waals surface area (Å²) in [5.41, 5.74) is 3.00. The number of carbonyl (C=O) groups is 2. The zero-order chi connectivity index (χ0) is 24.3. The average Bonchev–Trinajstić information content (AvgIpc) is 2.83. The first kappa shape index (κ1) is 25.9. The summed E-state index contributed by atoms with van der Waals surface area (Å²) in [6, 6.07) is 26.7. The number of halogens is 1. The lowest BCUT2D eigenvalue weighted by Gasteiger charge is -2.32. The van der Waals surface area contributed by atoms with E-state index in [0.29, 0.717) is 23.7 Å². The minimum atomic E-state index is -0.613. The number of rotatable bonds is 11. The highest BCUT2D eigenvalue weighted by Crippen LogP contribution is 2.22. The molecule has 1 atom stereocenters. The molecule has 1 N–H and O–H groups in total. The fraction of sp³-hybridized carbons (Fsp3) is 0.286. The average molecular weight is 495 g/mol. The Morgan fingerprint density at radius 2 is 1.47 bits per heavy atom. The van der Waals surface area contributed by atoms with Crippen molar-refractivity contribution >= 4 is 35.2 Å². The van der Waals surface area contributed by atoms with Crippen molar-refractivity contribution in [2.75, 3.05) is 5.75 Å². The maximum Gasteiger partial charge on any atom is 0.243 e. The lowest BCUT2D eigenvalue weighted by molar-refractivity contribution is -0.139. The third-order valence-electron chi connectivity index (χ3n) is 5.34. The van der Waals surface area contributed by atoms with Crippen molar-refractivity contribution < 1.29 is 9.59 Å². The molecule has 178 valence electrons. The molecule has 0 saturated heterocycles. The van der Waals surface area contributed by atoms with Gasteiger partial charge in [-0.15, -0.1) is 11.8 Å². The molecule has 3 aromatic rings. The Kier molecular flexibility index (Phi) is 10.0. The smallest absolute Gasteiger partial charge is 0.243 e. The number of thioether (sulfide) groups is 1. The first-order valence-corrected chi connectivity index (χ1v) is 13.0. The molecule has 6 heteroatoms. The Balaban J connectivity index is 1.83. The van der Waals surface area contributed by atoms with Crippen molar-refractivity contribution in [2.45, 2.75) is 44.6 Å². The molecule has 0 aromatic heterocycles. The van der Waals surface area contributed by atoms with E-state index in [4.69, 9.17) is 11.6 Å². The Hall–Kier alpha value is -2.76. The number of amides is 2. The summed E-state index contributed by atoms with van der Waals surface area (Å²) in [5, 5.41) is 3.71. The molecule has 0 fully saturated rings. The zero-order valence-corrected chi connectivity index (χ0v) is 21.2. The highest BCUT2D eigenvalue weighted by Gasteiger charge is 2.30. The standard InChI is InChI=1S/C28H31ClN2O2S/c1-21(2)30-28(33)26(17-22-11-5-3-6-12-22)31(18-23-13-7-4-8-14-23)27(32)20-34-19-24-15-9-10-16-25(24)29/h3-16,21,26H,17-20H2,1-2H3,(H,30,33). The van der Waals surface area contributed by atoms with Crippen LogP contribution in [0.4, 0.5) is 0 Å². The van der Waals surface area contributed by atoms with Crippen LogP contribution in [0.5, 0.6) is 0 Å². The van der Waals surface area contributed by atoms with Gasteiger partial charge in [0.25, 0.3) is 0 Å². The first-order chi connectivity index (χ1) is 16.4. The van der Waals surface area contributed by atoms with E-state index < -0.39 is 6.04 Å². The van der Waals surface area contributed by atoms with E-state index in [2.05, 4.69) is 5.32 Å². The van der Waals surface area contributed by atoms with E-state index in [1.165, 1.54) is 11.8 Å². The SMILES string of the molecule is CC(C)NC(=O)C(Cc1ccccc1)N(Cc1ccccc1)C(=O)CSCc1ccccc1Cl. The summed E-state index contributed by atoms with van der Waals surface area (Å²) in [5.74, 6) is 0.685. The van der Waals surface area contributed by atoms with Gasteiger partial charge in [0.15, 0.2) is 0 Å². The molecule has 1 unspecified atom stereocenters. The number of nitrogens with one attached hydrogen (secondary N) is 1. The van der Waals surface area contributed by atoms with Crippen molar-refractivity contribution in [1.29, 1.82) is 0 Å². The van der Waals surface area contributed by atoms with Gasteiger partial charge in [-0.05, 0) is 36.6 Å². The summed E-state index contributed by atoms with van der Waals surface area (Å²) in [6.07, 6.45) is 0.452. The first-order valence-electron chi connectivity index (χ1n) is 11.4. The molecular formula is C28H31ClN2O2S. The fourth-order valence-electron chi connectivity index (χ4n) is 3.66. The van der Waals surface area contributed by atoms with Gasteiger partial charge in [-0.1, -0.05) is 90.5 Å². The van der Waals surface area contributed by atoms with E-state index in [1.54, 1.807) is 4.90 Å². The number of hydrogen-bond acceptors (Lipinski definition) is 3. The van der Waals surface area contributed by atoms with Gasteiger partial charge in [0, 0.05) is 29.8 Å². The number of hydrogen-bond donors (Lipinski definition) is 1. The van der Waals surface area contributed by atoms with Gasteiger partial charge in [-0.2, -0.15) is 0 Å². The molecule has 0 aliphatic carbocycles. The fourth-order valence-corrected chi connectivity index (χ4v) is 4.86. The van der Waals surface area contributed by atoms with Crippen LogP contribution in [0.3, 0.4) is 0 Å². The third-order valence-corrected chi connectivity index (χ3v) is 6.67. The van der Waals surface area contributed by atoms with Crippen LogP contribution >= 0.6 is 23.4 Å². The van der Waals surface area contributed by atoms with Crippen LogP contribution in [0.15, 0.2) is 84.9 Å². The summed E-state index contributed by atoms with van der Waals surface area (Å²) < 4.78 is 0. The van der Waals surface area contributed by atoms with Crippen molar-refractivity contribution in [3.63, 3.8) is 0 Å². The van der Waals surface area contributed by atoms with Crippen molar-refractivity contribution in [1.82, 2.24) is 10.2 Å². The highest BCUT2D eigenvalue weighted by molar-refractivity contribution is 7.99. The van der Waals surface area contributed by atoms with Crippen molar-refractivity contribution in [3.05, 3.63) is 107 Å². The van der Waals surface area contributed by atoms with E-state index >= 15 is 0 Å². The molecule has 0 heterocycles. The second-order valence-electron chi connectivity index (χ2n) is 8.46. The van der Waals surface area contributed by atoms with Gasteiger partial charge in [0.1, 0.15) is 6.04 Å². The maximum atomic E-state index is 13.5. The van der Waals surface area contributed by atoms with E-state index in [9.17, 15) is 9.59 Å². The van der Waals surface area contributed by atoms with Crippen molar-refractivity contribution in [3.8, 4) is 0 Å². The quantitative estimate of drug-likeness (QED) is 0.370. The van der Waals surface area contributed by atoms with Crippen LogP contribution < -0.4 is 5.32 Å². The Morgan fingerprint density at radius 1 is 0.882 bits per heavy atom. The van der Waals surface area contributed by atoms with Gasteiger partial charge in [-0.25, -0.2) is 0 Å². The summed E-state index contributed by atoms with van der Waals surface area (Å²) in [4.78, 5) is 28.6. The molecule has 0 spiro atoms. The van der Waals surface area contributed by atoms with Crippen LogP contribution in [-0.4, -0.2) is 34.6 Å². The molecule has 34 heavy (non-hydrogen) atoms. The Morgan fingerprint density at radius 3 is 2.09 bits per heavy atom. The molecule has 0 aliphatic rings. The van der Waals surface area contributed by atoms with Crippen LogP contribution in [0.2, 0.25) is 5.02 Å². The zero-order valence-electron chi connectivity index (χ0n) is 19.6. The summed E-state index contributed by atoms with van der Waals surface area (Å²) >= 11 is 7.79. The second kappa shape index (κ2) is 13.2. The topological polar surface area (TPSA) is 49.4 Å². The molecule has 0 radical (unpaired) electrons. The Bertz CT molecular complexity index is 1060. The van der Waals surface area contributed by atoms with Gasteiger partial charge in [0.05, 0.1) is 5.75 Å². The lowest BCUT2D eigenvalue weighted by atomic mass is 10.0. The normalized spacial score (nSPS) is 11.8. The molecule has 0 saturated carbocycles. The Labute approximate surface area is 211 Å². The van der Waals surface area contributed by atoms with E-state index in [0.717, 1.165) is 16.7 Å². The van der Waals surface area contributed by atoms with Crippen LogP contribution in [-0.2, 0) is 28.3 Å². The molecule has 4 nitrogen and oxygen atoms in total. The molecule has 3 rings (SSSR count). The van der Waals surface area contributed by atoms with Crippen LogP contribution in [0.25, 0.3) is 0 Å². The third kappa shape index (κ3) is 7.93. The van der Waals surface area contributed by atoms with Gasteiger partial charge < -0.3 is 10.2 Å². The van der Waals surface area contributed by atoms with Crippen molar-refractivity contribution in [2.24, 2.45) is 0 Å². The van der Waals surface area contributed by atoms with Gasteiger partial charge in [-0.3, -0.25) is 9.59 Å². The largest absolute Gasteiger partial charge is 0.352 e. The van der Waals surface area contributed by atoms with Gasteiger partial charge in [0.2, 0.25) is 11.8 Å².